The summed E-state index contributed by atoms with van der Waals surface area (Å²) in [5.41, 5.74) is 5.47. The van der Waals surface area contributed by atoms with Gasteiger partial charge >= 0.3 is 0 Å². The second-order valence-electron chi connectivity index (χ2n) is 2.23. The fourth-order valence-electron chi connectivity index (χ4n) is 0.684. The topological polar surface area (TPSA) is 68.3 Å². The zero-order valence-electron chi connectivity index (χ0n) is 6.92. The van der Waals surface area contributed by atoms with Gasteiger partial charge in [0, 0.05) is 24.2 Å². The van der Waals surface area contributed by atoms with Gasteiger partial charge in [-0.05, 0) is 12.1 Å². The Morgan fingerprint density at radius 2 is 2.38 bits per heavy atom. The lowest BCUT2D eigenvalue weighted by atomic mass is 10.3. The zero-order chi connectivity index (χ0) is 9.52. The van der Waals surface area contributed by atoms with Crippen LogP contribution in [0.25, 0.3) is 0 Å². The van der Waals surface area contributed by atoms with Gasteiger partial charge in [0.1, 0.15) is 0 Å². The van der Waals surface area contributed by atoms with Crippen LogP contribution in [-0.4, -0.2) is 17.5 Å². The molecule has 0 bridgehead atoms. The number of rotatable bonds is 3. The van der Waals surface area contributed by atoms with E-state index in [-0.39, 0.29) is 0 Å². The van der Waals surface area contributed by atoms with Gasteiger partial charge in [-0.2, -0.15) is 0 Å². The molecule has 4 heteroatoms. The molecule has 0 atom stereocenters. The summed E-state index contributed by atoms with van der Waals surface area (Å²) < 4.78 is 0. The van der Waals surface area contributed by atoms with Gasteiger partial charge in [0.25, 0.3) is 0 Å². The quantitative estimate of drug-likeness (QED) is 0.420. The first-order chi connectivity index (χ1) is 6.36. The molecule has 0 radical (unpaired) electrons. The summed E-state index contributed by atoms with van der Waals surface area (Å²) in [5, 5.41) is 0. The highest BCUT2D eigenvalue weighted by Gasteiger charge is 1.88. The number of hydrogen-bond acceptors (Lipinski definition) is 4. The van der Waals surface area contributed by atoms with Crippen LogP contribution >= 0.6 is 0 Å². The van der Waals surface area contributed by atoms with Crippen LogP contribution in [0.15, 0.2) is 41.2 Å². The Hall–Kier alpha value is -1.97. The Bertz CT molecular complexity index is 330. The molecule has 0 unspecified atom stereocenters. The first kappa shape index (κ1) is 9.12. The minimum absolute atomic E-state index is 0.325. The summed E-state index contributed by atoms with van der Waals surface area (Å²) in [6.07, 6.45) is 4.82. The average molecular weight is 175 g/mol. The van der Waals surface area contributed by atoms with E-state index in [1.165, 1.54) is 12.4 Å². The smallest absolute Gasteiger partial charge is 0.153 e. The molecule has 13 heavy (non-hydrogen) atoms. The van der Waals surface area contributed by atoms with Crippen molar-refractivity contribution in [3.8, 4) is 0 Å². The minimum Gasteiger partial charge on any atom is -0.404 e. The first-order valence-corrected chi connectivity index (χ1v) is 3.69. The summed E-state index contributed by atoms with van der Waals surface area (Å²) in [7, 11) is 0. The second-order valence-corrected chi connectivity index (χ2v) is 2.23. The highest BCUT2D eigenvalue weighted by atomic mass is 16.1. The second kappa shape index (κ2) is 4.82. The summed E-state index contributed by atoms with van der Waals surface area (Å²) in [6.45, 7) is 0. The van der Waals surface area contributed by atoms with E-state index in [4.69, 9.17) is 5.73 Å². The number of pyridine rings is 1. The molecular formula is C9H9N3O. The number of carbonyl (C=O) groups excluding carboxylic acids is 1. The molecule has 66 valence electrons. The van der Waals surface area contributed by atoms with Crippen LogP contribution in [0.3, 0.4) is 0 Å². The fraction of sp³-hybridized carbons (Fsp3) is 0. The maximum absolute atomic E-state index is 10.3. The average Bonchev–Trinajstić information content (AvgIpc) is 2.21. The van der Waals surface area contributed by atoms with Crippen LogP contribution in [0.2, 0.25) is 0 Å². The van der Waals surface area contributed by atoms with Crippen LogP contribution in [0, 0.1) is 0 Å². The molecule has 1 aromatic heterocycles. The molecule has 0 amide bonds. The van der Waals surface area contributed by atoms with Crippen molar-refractivity contribution in [2.45, 2.75) is 0 Å². The van der Waals surface area contributed by atoms with Crippen molar-refractivity contribution in [3.05, 3.63) is 36.2 Å². The molecule has 2 N–H and O–H groups in total. The standard InChI is InChI=1S/C9H9N3O/c10-5-8(7-13)6-12-9-3-1-2-4-11-9/h1-7H,10H2. The van der Waals surface area contributed by atoms with E-state index in [0.717, 1.165) is 0 Å². The van der Waals surface area contributed by atoms with Crippen LogP contribution in [-0.2, 0) is 4.79 Å². The van der Waals surface area contributed by atoms with Crippen molar-refractivity contribution >= 4 is 18.3 Å². The number of nitrogens with two attached hydrogens (primary N) is 1. The fourth-order valence-corrected chi connectivity index (χ4v) is 0.684. The number of hydrogen-bond donors (Lipinski definition) is 1. The third-order valence-corrected chi connectivity index (χ3v) is 1.32. The van der Waals surface area contributed by atoms with Crippen LogP contribution in [0.1, 0.15) is 0 Å². The Kier molecular flexibility index (Phi) is 3.38. The van der Waals surface area contributed by atoms with Crippen LogP contribution < -0.4 is 5.73 Å². The van der Waals surface area contributed by atoms with E-state index in [1.54, 1.807) is 18.3 Å². The molecule has 0 saturated heterocycles. The van der Waals surface area contributed by atoms with Gasteiger partial charge in [-0.15, -0.1) is 0 Å². The van der Waals surface area contributed by atoms with E-state index < -0.39 is 0 Å². The predicted molar refractivity (Wildman–Crippen MR) is 50.7 cm³/mol. The molecule has 0 aromatic carbocycles. The van der Waals surface area contributed by atoms with E-state index in [0.29, 0.717) is 17.7 Å². The lowest BCUT2D eigenvalue weighted by molar-refractivity contribution is -0.104. The van der Waals surface area contributed by atoms with Crippen molar-refractivity contribution < 1.29 is 4.79 Å². The van der Waals surface area contributed by atoms with Gasteiger partial charge in [-0.3, -0.25) is 4.79 Å². The van der Waals surface area contributed by atoms with Crippen molar-refractivity contribution in [1.82, 2.24) is 4.98 Å². The summed E-state index contributed by atoms with van der Waals surface area (Å²) in [5.74, 6) is 0.545. The Labute approximate surface area is 75.8 Å². The Balaban J connectivity index is 2.74. The zero-order valence-corrected chi connectivity index (χ0v) is 6.92. The van der Waals surface area contributed by atoms with Crippen molar-refractivity contribution in [2.75, 3.05) is 0 Å². The van der Waals surface area contributed by atoms with Crippen molar-refractivity contribution in [1.29, 1.82) is 0 Å². The SMILES string of the molecule is NC=C(C=O)C=Nc1ccccn1. The largest absolute Gasteiger partial charge is 0.404 e. The molecule has 0 aliphatic carbocycles. The molecule has 0 saturated carbocycles. The Morgan fingerprint density at radius 3 is 2.92 bits per heavy atom. The molecule has 1 rings (SSSR count). The third-order valence-electron chi connectivity index (χ3n) is 1.32. The molecule has 1 heterocycles. The first-order valence-electron chi connectivity index (χ1n) is 3.69. The molecular weight excluding hydrogens is 166 g/mol. The molecule has 0 spiro atoms. The summed E-state index contributed by atoms with van der Waals surface area (Å²) >= 11 is 0. The van der Waals surface area contributed by atoms with Gasteiger partial charge < -0.3 is 5.73 Å². The minimum atomic E-state index is 0.325. The lowest BCUT2D eigenvalue weighted by Crippen LogP contribution is -1.91. The number of nitrogens with zero attached hydrogens (tertiary/aromatic N) is 2. The molecule has 0 aliphatic heterocycles. The number of carbonyl (C=O) groups is 1. The molecule has 0 aliphatic rings. The van der Waals surface area contributed by atoms with E-state index in [1.807, 2.05) is 6.07 Å². The van der Waals surface area contributed by atoms with Gasteiger partial charge in [0.15, 0.2) is 12.1 Å². The molecule has 4 nitrogen and oxygen atoms in total. The number of allylic oxidation sites excluding steroid dienone is 1. The van der Waals surface area contributed by atoms with Crippen molar-refractivity contribution in [3.63, 3.8) is 0 Å². The van der Waals surface area contributed by atoms with E-state index in [2.05, 4.69) is 9.98 Å². The van der Waals surface area contributed by atoms with Crippen LogP contribution in [0.4, 0.5) is 5.82 Å². The van der Waals surface area contributed by atoms with E-state index >= 15 is 0 Å². The molecule has 0 fully saturated rings. The number of aliphatic imine (C=N–C) groups is 1. The monoisotopic (exact) mass is 175 g/mol. The third kappa shape index (κ3) is 2.86. The maximum Gasteiger partial charge on any atom is 0.153 e. The van der Waals surface area contributed by atoms with Gasteiger partial charge in [-0.1, -0.05) is 6.07 Å². The lowest BCUT2D eigenvalue weighted by Gasteiger charge is -1.89. The Morgan fingerprint density at radius 1 is 1.54 bits per heavy atom. The van der Waals surface area contributed by atoms with Gasteiger partial charge in [0.2, 0.25) is 0 Å². The highest BCUT2D eigenvalue weighted by Crippen LogP contribution is 2.03. The summed E-state index contributed by atoms with van der Waals surface area (Å²) in [4.78, 5) is 18.2. The van der Waals surface area contributed by atoms with Crippen LogP contribution in [0.5, 0.6) is 0 Å². The van der Waals surface area contributed by atoms with E-state index in [9.17, 15) is 4.79 Å². The normalized spacial score (nSPS) is 11.8. The van der Waals surface area contributed by atoms with Gasteiger partial charge in [-0.25, -0.2) is 9.98 Å². The number of aromatic nitrogens is 1. The predicted octanol–water partition coefficient (Wildman–Crippen LogP) is 0.825. The number of aldehydes is 1. The van der Waals surface area contributed by atoms with Gasteiger partial charge in [0.05, 0.1) is 0 Å². The maximum atomic E-state index is 10.3. The van der Waals surface area contributed by atoms with Crippen molar-refractivity contribution in [2.24, 2.45) is 10.7 Å². The molecule has 1 aromatic rings. The highest BCUT2D eigenvalue weighted by molar-refractivity contribution is 6.02. The summed E-state index contributed by atoms with van der Waals surface area (Å²) in [6, 6.07) is 5.33.